The Hall–Kier alpha value is -2.41. The third-order valence-corrected chi connectivity index (χ3v) is 4.82. The highest BCUT2D eigenvalue weighted by Crippen LogP contribution is 2.25. The molecular weight excluding hydrogens is 335 g/mol. The number of benzene rings is 1. The van der Waals surface area contributed by atoms with Gasteiger partial charge in [-0.25, -0.2) is 4.39 Å². The molecule has 2 aromatic rings. The van der Waals surface area contributed by atoms with E-state index in [9.17, 15) is 9.18 Å². The van der Waals surface area contributed by atoms with Crippen molar-refractivity contribution in [1.82, 2.24) is 15.1 Å². The molecule has 140 valence electrons. The predicted molar refractivity (Wildman–Crippen MR) is 98.6 cm³/mol. The van der Waals surface area contributed by atoms with Gasteiger partial charge in [0.1, 0.15) is 0 Å². The third kappa shape index (κ3) is 4.40. The number of aromatic nitrogens is 2. The van der Waals surface area contributed by atoms with Crippen molar-refractivity contribution >= 4 is 11.7 Å². The summed E-state index contributed by atoms with van der Waals surface area (Å²) in [6, 6.07) is 6.37. The van der Waals surface area contributed by atoms with Gasteiger partial charge in [0, 0.05) is 17.5 Å². The molecule has 1 saturated heterocycles. The molecule has 1 fully saturated rings. The van der Waals surface area contributed by atoms with Gasteiger partial charge in [0.05, 0.1) is 12.8 Å². The number of likely N-dealkylation sites (tertiary alicyclic amines) is 1. The van der Waals surface area contributed by atoms with E-state index >= 15 is 0 Å². The fourth-order valence-corrected chi connectivity index (χ4v) is 3.13. The number of rotatable bonds is 7. The summed E-state index contributed by atoms with van der Waals surface area (Å²) in [7, 11) is 1.42. The van der Waals surface area contributed by atoms with Crippen LogP contribution in [0.25, 0.3) is 11.3 Å². The van der Waals surface area contributed by atoms with Gasteiger partial charge in [-0.15, -0.1) is 0 Å². The van der Waals surface area contributed by atoms with Crippen LogP contribution in [0.1, 0.15) is 26.2 Å². The second kappa shape index (κ2) is 8.31. The van der Waals surface area contributed by atoms with E-state index < -0.39 is 5.82 Å². The van der Waals surface area contributed by atoms with Crippen LogP contribution in [0.15, 0.2) is 24.3 Å². The minimum Gasteiger partial charge on any atom is -0.494 e. The molecule has 0 aliphatic carbocycles. The number of nitrogens with zero attached hydrogens (tertiary/aromatic N) is 2. The van der Waals surface area contributed by atoms with Gasteiger partial charge in [-0.05, 0) is 57.1 Å². The van der Waals surface area contributed by atoms with Gasteiger partial charge in [0.15, 0.2) is 17.4 Å². The van der Waals surface area contributed by atoms with E-state index in [2.05, 4.69) is 20.4 Å². The first-order valence-corrected chi connectivity index (χ1v) is 8.99. The molecule has 0 spiro atoms. The number of hydrogen-bond donors (Lipinski definition) is 2. The van der Waals surface area contributed by atoms with E-state index in [-0.39, 0.29) is 17.6 Å². The molecule has 1 aromatic heterocycles. The van der Waals surface area contributed by atoms with Gasteiger partial charge < -0.3 is 15.0 Å². The maximum Gasteiger partial charge on any atom is 0.228 e. The normalized spacial score (nSPS) is 15.8. The maximum atomic E-state index is 13.8. The molecule has 1 atom stereocenters. The largest absolute Gasteiger partial charge is 0.494 e. The van der Waals surface area contributed by atoms with Gasteiger partial charge in [0.25, 0.3) is 0 Å². The Balaban J connectivity index is 1.57. The number of nitrogens with one attached hydrogen (secondary N) is 2. The molecule has 1 aliphatic heterocycles. The highest BCUT2D eigenvalue weighted by molar-refractivity contribution is 5.91. The lowest BCUT2D eigenvalue weighted by atomic mass is 10.1. The topological polar surface area (TPSA) is 70.2 Å². The van der Waals surface area contributed by atoms with Gasteiger partial charge in [0.2, 0.25) is 5.91 Å². The van der Waals surface area contributed by atoms with E-state index in [0.29, 0.717) is 17.1 Å². The molecule has 0 saturated carbocycles. The van der Waals surface area contributed by atoms with Crippen LogP contribution in [0.2, 0.25) is 0 Å². The zero-order valence-electron chi connectivity index (χ0n) is 15.2. The van der Waals surface area contributed by atoms with Crippen molar-refractivity contribution in [2.24, 2.45) is 5.92 Å². The smallest absolute Gasteiger partial charge is 0.228 e. The van der Waals surface area contributed by atoms with Crippen molar-refractivity contribution in [3.05, 3.63) is 30.1 Å². The van der Waals surface area contributed by atoms with Gasteiger partial charge in [-0.2, -0.15) is 5.10 Å². The number of amides is 1. The molecule has 7 heteroatoms. The van der Waals surface area contributed by atoms with E-state index in [1.807, 2.05) is 6.92 Å². The van der Waals surface area contributed by atoms with Crippen LogP contribution >= 0.6 is 0 Å². The second-order valence-corrected chi connectivity index (χ2v) is 6.74. The van der Waals surface area contributed by atoms with Crippen molar-refractivity contribution in [3.8, 4) is 17.0 Å². The summed E-state index contributed by atoms with van der Waals surface area (Å²) in [4.78, 5) is 14.7. The Morgan fingerprint density at radius 1 is 1.38 bits per heavy atom. The minimum absolute atomic E-state index is 0.0526. The number of halogens is 1. The van der Waals surface area contributed by atoms with Gasteiger partial charge in [-0.3, -0.25) is 9.89 Å². The molecule has 0 bridgehead atoms. The Morgan fingerprint density at radius 3 is 2.85 bits per heavy atom. The molecule has 2 N–H and O–H groups in total. The number of H-pyrrole nitrogens is 1. The molecule has 1 aromatic carbocycles. The molecule has 1 amide bonds. The molecule has 2 heterocycles. The van der Waals surface area contributed by atoms with Gasteiger partial charge in [-0.1, -0.05) is 6.92 Å². The monoisotopic (exact) mass is 360 g/mol. The summed E-state index contributed by atoms with van der Waals surface area (Å²) >= 11 is 0. The van der Waals surface area contributed by atoms with Crippen LogP contribution in [0.3, 0.4) is 0 Å². The molecule has 1 unspecified atom stereocenters. The van der Waals surface area contributed by atoms with Crippen LogP contribution in [-0.4, -0.2) is 47.7 Å². The summed E-state index contributed by atoms with van der Waals surface area (Å²) in [6.07, 6.45) is 3.33. The number of ether oxygens (including phenoxy) is 1. The van der Waals surface area contributed by atoms with Crippen molar-refractivity contribution in [3.63, 3.8) is 0 Å². The Morgan fingerprint density at radius 2 is 2.15 bits per heavy atom. The van der Waals surface area contributed by atoms with Crippen molar-refractivity contribution in [2.75, 3.05) is 32.1 Å². The van der Waals surface area contributed by atoms with Crippen LogP contribution in [0.5, 0.6) is 5.75 Å². The number of aromatic amines is 1. The number of hydrogen-bond acceptors (Lipinski definition) is 4. The lowest BCUT2D eigenvalue weighted by molar-refractivity contribution is -0.119. The average molecular weight is 360 g/mol. The predicted octanol–water partition coefficient (Wildman–Crippen LogP) is 3.28. The highest BCUT2D eigenvalue weighted by atomic mass is 19.1. The minimum atomic E-state index is -0.444. The summed E-state index contributed by atoms with van der Waals surface area (Å²) in [5, 5.41) is 9.76. The summed E-state index contributed by atoms with van der Waals surface area (Å²) in [5.41, 5.74) is 1.27. The number of carbonyl (C=O) groups excluding carboxylic acids is 1. The molecule has 3 rings (SSSR count). The Bertz CT molecular complexity index is 756. The summed E-state index contributed by atoms with van der Waals surface area (Å²) in [6.45, 7) is 5.15. The zero-order valence-corrected chi connectivity index (χ0v) is 15.2. The number of methoxy groups -OCH3 is 1. The lowest BCUT2D eigenvalue weighted by Crippen LogP contribution is -2.27. The summed E-state index contributed by atoms with van der Waals surface area (Å²) < 4.78 is 18.8. The Labute approximate surface area is 152 Å². The number of anilines is 1. The first-order chi connectivity index (χ1) is 12.6. The van der Waals surface area contributed by atoms with Crippen molar-refractivity contribution < 1.29 is 13.9 Å². The van der Waals surface area contributed by atoms with Crippen LogP contribution in [0.4, 0.5) is 10.2 Å². The van der Waals surface area contributed by atoms with E-state index in [1.165, 1.54) is 26.0 Å². The van der Waals surface area contributed by atoms with Crippen molar-refractivity contribution in [1.29, 1.82) is 0 Å². The summed E-state index contributed by atoms with van der Waals surface area (Å²) in [5.74, 6) is 0.0425. The van der Waals surface area contributed by atoms with Crippen LogP contribution in [-0.2, 0) is 4.79 Å². The first-order valence-electron chi connectivity index (χ1n) is 8.99. The highest BCUT2D eigenvalue weighted by Gasteiger charge is 2.18. The second-order valence-electron chi connectivity index (χ2n) is 6.74. The van der Waals surface area contributed by atoms with Gasteiger partial charge >= 0.3 is 0 Å². The molecule has 0 radical (unpaired) electrons. The van der Waals surface area contributed by atoms with Crippen LogP contribution in [0, 0.1) is 11.7 Å². The fourth-order valence-electron chi connectivity index (χ4n) is 3.13. The SMILES string of the molecule is COc1ccc(-c2cc(NC(=O)C(C)CCN3CCCC3)n[nH]2)cc1F. The quantitative estimate of drug-likeness (QED) is 0.795. The van der Waals surface area contributed by atoms with Crippen molar-refractivity contribution in [2.45, 2.75) is 26.2 Å². The molecule has 6 nitrogen and oxygen atoms in total. The number of carbonyl (C=O) groups is 1. The first kappa shape index (κ1) is 18.4. The zero-order chi connectivity index (χ0) is 18.5. The van der Waals surface area contributed by atoms with E-state index in [1.54, 1.807) is 18.2 Å². The molecule has 1 aliphatic rings. The third-order valence-electron chi connectivity index (χ3n) is 4.82. The lowest BCUT2D eigenvalue weighted by Gasteiger charge is -2.17. The van der Waals surface area contributed by atoms with Crippen LogP contribution < -0.4 is 10.1 Å². The standard InChI is InChI=1S/C19H25FN4O2/c1-13(7-10-24-8-3-4-9-24)19(25)21-18-12-16(22-23-18)14-5-6-17(26-2)15(20)11-14/h5-6,11-13H,3-4,7-10H2,1-2H3,(H2,21,22,23,25). The van der Waals surface area contributed by atoms with E-state index in [4.69, 9.17) is 4.74 Å². The molecule has 26 heavy (non-hydrogen) atoms. The molecular formula is C19H25FN4O2. The Kier molecular flexibility index (Phi) is 5.88. The fraction of sp³-hybridized carbons (Fsp3) is 0.474. The maximum absolute atomic E-state index is 13.8. The average Bonchev–Trinajstić information content (AvgIpc) is 3.31. The van der Waals surface area contributed by atoms with E-state index in [0.717, 1.165) is 26.1 Å².